The van der Waals surface area contributed by atoms with Crippen LogP contribution in [-0.2, 0) is 0 Å². The van der Waals surface area contributed by atoms with Crippen molar-refractivity contribution >= 4 is 69.2 Å². The number of alkyl halides is 3. The predicted octanol–water partition coefficient (Wildman–Crippen LogP) is 11.3. The molecule has 8 rings (SSSR count). The second kappa shape index (κ2) is 19.0. The lowest BCUT2D eigenvalue weighted by atomic mass is 9.72. The van der Waals surface area contributed by atoms with Gasteiger partial charge in [0.05, 0.1) is 11.8 Å². The van der Waals surface area contributed by atoms with Crippen LogP contribution >= 0.6 is 35.3 Å². The lowest BCUT2D eigenvalue weighted by Gasteiger charge is -2.39. The number of piperazine rings is 1. The Morgan fingerprint density at radius 1 is 1.00 bits per heavy atom. The normalized spacial score (nSPS) is 17.8. The smallest absolute Gasteiger partial charge is 0.446 e. The standard InChI is InChI=1S/C46H51ClF3N7O2S2/c1-45(2)15-11-33(39(26-45)31-3-5-34(47)6-4-31)29-56-19-21-57(22-20-56)35-7-9-38(41(24-35)59-36-23-32-14-18-52-43(32)54-28-36)44(58)55-61-37-8-10-40(42(25-37)60-46(48,49)50)53-27-30-12-16-51-17-13-30/h3-10,14,18,23-25,28,30,51,53H,11-13,15-17,19-22,26-27,29H2,1-2H3,(H,52,54)(H,55,58). The number of anilines is 2. The minimum Gasteiger partial charge on any atom is -0.455 e. The number of carbonyl (C=O) groups excluding carboxylic acids is 1. The van der Waals surface area contributed by atoms with Gasteiger partial charge in [0.1, 0.15) is 17.1 Å². The number of hydrogen-bond donors (Lipinski definition) is 4. The van der Waals surface area contributed by atoms with Crippen molar-refractivity contribution in [3.63, 3.8) is 0 Å². The van der Waals surface area contributed by atoms with Crippen LogP contribution in [0.3, 0.4) is 0 Å². The van der Waals surface area contributed by atoms with E-state index in [1.165, 1.54) is 22.8 Å². The second-order valence-corrected chi connectivity index (χ2v) is 19.3. The van der Waals surface area contributed by atoms with Crippen molar-refractivity contribution in [2.24, 2.45) is 11.3 Å². The molecule has 15 heteroatoms. The molecule has 0 bridgehead atoms. The number of amides is 1. The van der Waals surface area contributed by atoms with Gasteiger partial charge in [0.15, 0.2) is 0 Å². The molecule has 4 heterocycles. The van der Waals surface area contributed by atoms with Gasteiger partial charge in [0, 0.05) is 83.1 Å². The Morgan fingerprint density at radius 2 is 1.79 bits per heavy atom. The fourth-order valence-electron chi connectivity index (χ4n) is 8.40. The van der Waals surface area contributed by atoms with E-state index in [-0.39, 0.29) is 27.6 Å². The molecular formula is C46H51ClF3N7O2S2. The van der Waals surface area contributed by atoms with Crippen molar-refractivity contribution in [3.05, 3.63) is 107 Å². The summed E-state index contributed by atoms with van der Waals surface area (Å²) in [5.74, 6) is 0.768. The minimum atomic E-state index is -4.47. The molecule has 61 heavy (non-hydrogen) atoms. The Labute approximate surface area is 368 Å². The number of halogens is 4. The summed E-state index contributed by atoms with van der Waals surface area (Å²) in [5.41, 5.74) is 2.33. The molecule has 4 N–H and O–H groups in total. The molecule has 2 aliphatic heterocycles. The second-order valence-electron chi connectivity index (χ2n) is 16.9. The topological polar surface area (TPSA) is 97.6 Å². The molecule has 0 atom stereocenters. The van der Waals surface area contributed by atoms with E-state index in [1.54, 1.807) is 30.6 Å². The molecule has 1 amide bonds. The van der Waals surface area contributed by atoms with Gasteiger partial charge in [-0.2, -0.15) is 13.2 Å². The van der Waals surface area contributed by atoms with Gasteiger partial charge in [-0.3, -0.25) is 14.4 Å². The van der Waals surface area contributed by atoms with Crippen LogP contribution in [0.2, 0.25) is 5.02 Å². The van der Waals surface area contributed by atoms with Crippen LogP contribution < -0.4 is 25.0 Å². The highest BCUT2D eigenvalue weighted by atomic mass is 35.5. The number of pyridine rings is 1. The highest BCUT2D eigenvalue weighted by Crippen LogP contribution is 2.44. The van der Waals surface area contributed by atoms with Crippen LogP contribution in [0.1, 0.15) is 61.9 Å². The number of piperidine rings is 1. The molecule has 0 radical (unpaired) electrons. The first-order chi connectivity index (χ1) is 29.3. The zero-order valence-electron chi connectivity index (χ0n) is 34.3. The molecule has 9 nitrogen and oxygen atoms in total. The maximum Gasteiger partial charge on any atom is 0.446 e. The number of carbonyl (C=O) groups is 1. The fraction of sp³-hybridized carbons (Fsp3) is 0.391. The summed E-state index contributed by atoms with van der Waals surface area (Å²) >= 11 is 7.06. The van der Waals surface area contributed by atoms with Gasteiger partial charge in [-0.05, 0) is 146 Å². The Bertz CT molecular complexity index is 2360. The van der Waals surface area contributed by atoms with Crippen LogP contribution in [0.5, 0.6) is 11.5 Å². The van der Waals surface area contributed by atoms with Crippen LogP contribution in [0.15, 0.2) is 101 Å². The molecule has 3 aromatic carbocycles. The molecule has 1 aliphatic carbocycles. The van der Waals surface area contributed by atoms with Crippen LogP contribution in [-0.4, -0.2) is 78.6 Å². The van der Waals surface area contributed by atoms with Crippen molar-refractivity contribution in [2.45, 2.75) is 61.3 Å². The third-order valence-electron chi connectivity index (χ3n) is 11.8. The van der Waals surface area contributed by atoms with Crippen molar-refractivity contribution in [3.8, 4) is 11.5 Å². The Balaban J connectivity index is 0.974. The Hall–Kier alpha value is -4.34. The summed E-state index contributed by atoms with van der Waals surface area (Å²) in [6.45, 7) is 11.4. The van der Waals surface area contributed by atoms with E-state index in [1.807, 2.05) is 36.4 Å². The fourth-order valence-corrected chi connectivity index (χ4v) is 9.92. The molecule has 2 saturated heterocycles. The summed E-state index contributed by atoms with van der Waals surface area (Å²) in [6, 6.07) is 22.4. The Morgan fingerprint density at radius 3 is 2.56 bits per heavy atom. The number of rotatable bonds is 13. The summed E-state index contributed by atoms with van der Waals surface area (Å²) in [4.78, 5) is 26.8. The van der Waals surface area contributed by atoms with Crippen LogP contribution in [0, 0.1) is 11.3 Å². The number of hydrogen-bond acceptors (Lipinski definition) is 9. The molecule has 0 saturated carbocycles. The molecule has 0 unspecified atom stereocenters. The first-order valence-corrected chi connectivity index (χ1v) is 22.9. The van der Waals surface area contributed by atoms with E-state index < -0.39 is 11.4 Å². The number of allylic oxidation sites excluding steroid dienone is 1. The third kappa shape index (κ3) is 11.4. The molecule has 2 aromatic heterocycles. The average molecular weight is 891 g/mol. The van der Waals surface area contributed by atoms with Gasteiger partial charge in [-0.1, -0.05) is 43.2 Å². The summed E-state index contributed by atoms with van der Waals surface area (Å²) in [6.07, 6.45) is 8.63. The van der Waals surface area contributed by atoms with E-state index >= 15 is 0 Å². The lowest BCUT2D eigenvalue weighted by molar-refractivity contribution is -0.0328. The molecule has 322 valence electrons. The maximum atomic E-state index is 13.9. The number of H-pyrrole nitrogens is 1. The van der Waals surface area contributed by atoms with E-state index in [0.29, 0.717) is 34.5 Å². The molecule has 0 spiro atoms. The van der Waals surface area contributed by atoms with E-state index in [0.717, 1.165) is 112 Å². The van der Waals surface area contributed by atoms with Crippen LogP contribution in [0.25, 0.3) is 16.6 Å². The summed E-state index contributed by atoms with van der Waals surface area (Å²) < 4.78 is 50.3. The number of aromatic amines is 1. The third-order valence-corrected chi connectivity index (χ3v) is 13.6. The molecule has 5 aromatic rings. The number of thioether (sulfide) groups is 1. The van der Waals surface area contributed by atoms with Crippen molar-refractivity contribution < 1.29 is 22.7 Å². The number of nitrogens with zero attached hydrogens (tertiary/aromatic N) is 3. The minimum absolute atomic E-state index is 0.0585. The van der Waals surface area contributed by atoms with Crippen molar-refractivity contribution in [2.75, 3.05) is 62.6 Å². The number of fused-ring (bicyclic) bond motifs is 1. The maximum absolute atomic E-state index is 13.9. The first kappa shape index (κ1) is 43.3. The zero-order valence-corrected chi connectivity index (χ0v) is 36.7. The van der Waals surface area contributed by atoms with Gasteiger partial charge < -0.3 is 25.3 Å². The summed E-state index contributed by atoms with van der Waals surface area (Å²) in [5, 5.41) is 8.18. The zero-order chi connectivity index (χ0) is 42.6. The van der Waals surface area contributed by atoms with E-state index in [2.05, 4.69) is 61.1 Å². The lowest BCUT2D eigenvalue weighted by Crippen LogP contribution is -2.47. The van der Waals surface area contributed by atoms with Gasteiger partial charge >= 0.3 is 5.51 Å². The molecular weight excluding hydrogens is 839 g/mol. The van der Waals surface area contributed by atoms with E-state index in [4.69, 9.17) is 16.3 Å². The van der Waals surface area contributed by atoms with Gasteiger partial charge in [-0.15, -0.1) is 0 Å². The highest BCUT2D eigenvalue weighted by Gasteiger charge is 2.32. The van der Waals surface area contributed by atoms with Gasteiger partial charge in [-0.25, -0.2) is 4.98 Å². The Kier molecular flexibility index (Phi) is 13.5. The van der Waals surface area contributed by atoms with Crippen molar-refractivity contribution in [1.29, 1.82) is 0 Å². The number of benzene rings is 3. The number of ether oxygens (including phenoxy) is 1. The summed E-state index contributed by atoms with van der Waals surface area (Å²) in [7, 11) is 0. The van der Waals surface area contributed by atoms with Crippen LogP contribution in [0.4, 0.5) is 24.5 Å². The number of nitrogens with one attached hydrogen (secondary N) is 4. The quantitative estimate of drug-likeness (QED) is 0.0681. The van der Waals surface area contributed by atoms with Gasteiger partial charge in [0.25, 0.3) is 5.91 Å². The predicted molar refractivity (Wildman–Crippen MR) is 243 cm³/mol. The van der Waals surface area contributed by atoms with Gasteiger partial charge in [0.2, 0.25) is 0 Å². The first-order valence-electron chi connectivity index (χ1n) is 20.8. The highest BCUT2D eigenvalue weighted by molar-refractivity contribution is 8.00. The monoisotopic (exact) mass is 889 g/mol. The van der Waals surface area contributed by atoms with E-state index in [9.17, 15) is 18.0 Å². The molecule has 2 fully saturated rings. The SMILES string of the molecule is CC1(C)CCC(CN2CCN(c3ccc(C(=O)NSc4ccc(NCC5CCNCC5)c(SC(F)(F)F)c4)c(Oc4cnc5[nH]ccc5c4)c3)CC2)=C(c2ccc(Cl)cc2)C1. The largest absolute Gasteiger partial charge is 0.455 e. The number of aromatic nitrogens is 2. The molecule has 3 aliphatic rings. The average Bonchev–Trinajstić information content (AvgIpc) is 3.72. The van der Waals surface area contributed by atoms with Crippen molar-refractivity contribution in [1.82, 2.24) is 24.9 Å².